The van der Waals surface area contributed by atoms with Crippen LogP contribution in [0.5, 0.6) is 0 Å². The highest BCUT2D eigenvalue weighted by Gasteiger charge is 2.10. The van der Waals surface area contributed by atoms with Gasteiger partial charge in [0.15, 0.2) is 0 Å². The molecule has 0 aromatic carbocycles. The summed E-state index contributed by atoms with van der Waals surface area (Å²) >= 11 is 0. The van der Waals surface area contributed by atoms with E-state index in [1.54, 1.807) is 0 Å². The highest BCUT2D eigenvalue weighted by molar-refractivity contribution is 5.18. The third-order valence-electron chi connectivity index (χ3n) is 3.28. The van der Waals surface area contributed by atoms with Crippen molar-refractivity contribution < 1.29 is 0 Å². The van der Waals surface area contributed by atoms with E-state index in [4.69, 9.17) is 0 Å². The molecule has 94 valence electrons. The van der Waals surface area contributed by atoms with Gasteiger partial charge in [0.1, 0.15) is 0 Å². The quantitative estimate of drug-likeness (QED) is 0.556. The lowest BCUT2D eigenvalue weighted by atomic mass is 10.0. The maximum atomic E-state index is 2.55. The Labute approximate surface area is 102 Å². The van der Waals surface area contributed by atoms with E-state index in [0.29, 0.717) is 0 Å². The second kappa shape index (κ2) is 9.65. The fraction of sp³-hybridized carbons (Fsp3) is 0.733. The molecule has 0 unspecified atom stereocenters. The Morgan fingerprint density at radius 2 is 1.75 bits per heavy atom. The van der Waals surface area contributed by atoms with Crippen LogP contribution in [0.25, 0.3) is 0 Å². The molecule has 0 saturated carbocycles. The molecule has 0 N–H and O–H groups in total. The van der Waals surface area contributed by atoms with E-state index in [9.17, 15) is 0 Å². The van der Waals surface area contributed by atoms with Crippen LogP contribution in [-0.4, -0.2) is 24.5 Å². The lowest BCUT2D eigenvalue weighted by molar-refractivity contribution is 0.252. The third kappa shape index (κ3) is 6.12. The van der Waals surface area contributed by atoms with E-state index in [-0.39, 0.29) is 0 Å². The van der Waals surface area contributed by atoms with Crippen LogP contribution >= 0.6 is 0 Å². The van der Waals surface area contributed by atoms with E-state index in [0.717, 1.165) is 19.0 Å². The van der Waals surface area contributed by atoms with Crippen molar-refractivity contribution in [1.82, 2.24) is 4.90 Å². The minimum absolute atomic E-state index is 0.851. The van der Waals surface area contributed by atoms with Crippen LogP contribution in [0.2, 0.25) is 0 Å². The highest BCUT2D eigenvalue weighted by Crippen LogP contribution is 2.11. The van der Waals surface area contributed by atoms with Crippen LogP contribution in [0.1, 0.15) is 47.5 Å². The molecule has 0 fully saturated rings. The minimum Gasteiger partial charge on any atom is -0.299 e. The molecule has 0 aliphatic carbocycles. The number of allylic oxidation sites excluding steroid dienone is 2. The van der Waals surface area contributed by atoms with Crippen LogP contribution in [-0.2, 0) is 0 Å². The van der Waals surface area contributed by atoms with Crippen LogP contribution < -0.4 is 0 Å². The zero-order valence-electron chi connectivity index (χ0n) is 11.8. The van der Waals surface area contributed by atoms with Crippen molar-refractivity contribution in [3.63, 3.8) is 0 Å². The van der Waals surface area contributed by atoms with Gasteiger partial charge in [0.2, 0.25) is 0 Å². The molecule has 1 heteroatoms. The summed E-state index contributed by atoms with van der Waals surface area (Å²) in [5, 5.41) is 0. The molecule has 0 amide bonds. The summed E-state index contributed by atoms with van der Waals surface area (Å²) in [4.78, 5) is 2.55. The molecule has 0 aliphatic rings. The minimum atomic E-state index is 0.851. The number of rotatable bonds is 8. The van der Waals surface area contributed by atoms with Gasteiger partial charge in [-0.3, -0.25) is 4.90 Å². The molecule has 0 bridgehead atoms. The molecule has 0 radical (unpaired) electrons. The molecule has 0 spiro atoms. The third-order valence-corrected chi connectivity index (χ3v) is 3.28. The average Bonchev–Trinajstić information content (AvgIpc) is 2.33. The molecule has 0 rings (SSSR count). The molecule has 16 heavy (non-hydrogen) atoms. The van der Waals surface area contributed by atoms with E-state index in [2.05, 4.69) is 57.7 Å². The first-order chi connectivity index (χ1) is 7.71. The molecule has 0 aliphatic heterocycles. The monoisotopic (exact) mass is 223 g/mol. The molecule has 0 heterocycles. The largest absolute Gasteiger partial charge is 0.299 e. The Hall–Kier alpha value is -0.560. The summed E-state index contributed by atoms with van der Waals surface area (Å²) in [6, 6.07) is 0. The van der Waals surface area contributed by atoms with Gasteiger partial charge in [-0.25, -0.2) is 0 Å². The number of likely N-dealkylation sites (N-methyl/N-ethyl adjacent to an activating group) is 1. The zero-order chi connectivity index (χ0) is 12.4. The lowest BCUT2D eigenvalue weighted by Gasteiger charge is -2.25. The Kier molecular flexibility index (Phi) is 9.31. The van der Waals surface area contributed by atoms with Crippen molar-refractivity contribution in [3.8, 4) is 0 Å². The normalized spacial score (nSPS) is 13.3. The summed E-state index contributed by atoms with van der Waals surface area (Å²) in [5.41, 5.74) is 1.43. The van der Waals surface area contributed by atoms with Crippen molar-refractivity contribution in [1.29, 1.82) is 0 Å². The van der Waals surface area contributed by atoms with Gasteiger partial charge in [-0.1, -0.05) is 51.8 Å². The predicted octanol–water partition coefficient (Wildman–Crippen LogP) is 4.27. The van der Waals surface area contributed by atoms with Gasteiger partial charge in [0.25, 0.3) is 0 Å². The molecular weight excluding hydrogens is 194 g/mol. The fourth-order valence-electron chi connectivity index (χ4n) is 1.93. The summed E-state index contributed by atoms with van der Waals surface area (Å²) < 4.78 is 0. The van der Waals surface area contributed by atoms with Gasteiger partial charge in [0, 0.05) is 13.1 Å². The predicted molar refractivity (Wildman–Crippen MR) is 74.8 cm³/mol. The maximum Gasteiger partial charge on any atom is 0.0230 e. The van der Waals surface area contributed by atoms with Crippen molar-refractivity contribution in [2.45, 2.75) is 47.5 Å². The highest BCUT2D eigenvalue weighted by atomic mass is 15.1. The van der Waals surface area contributed by atoms with Crippen molar-refractivity contribution in [3.05, 3.63) is 23.8 Å². The fourth-order valence-corrected chi connectivity index (χ4v) is 1.93. The van der Waals surface area contributed by atoms with Crippen LogP contribution in [0.15, 0.2) is 23.8 Å². The number of hydrogen-bond acceptors (Lipinski definition) is 1. The zero-order valence-corrected chi connectivity index (χ0v) is 11.8. The Bertz CT molecular complexity index is 211. The molecule has 0 atom stereocenters. The van der Waals surface area contributed by atoms with Crippen LogP contribution in [0.3, 0.4) is 0 Å². The number of hydrogen-bond donors (Lipinski definition) is 0. The summed E-state index contributed by atoms with van der Waals surface area (Å²) in [5.74, 6) is 0.851. The van der Waals surface area contributed by atoms with Crippen LogP contribution in [0.4, 0.5) is 0 Å². The molecule has 1 nitrogen and oxygen atoms in total. The van der Waals surface area contributed by atoms with E-state index in [1.165, 1.54) is 25.0 Å². The second-order valence-electron chi connectivity index (χ2n) is 4.37. The second-order valence-corrected chi connectivity index (χ2v) is 4.37. The van der Waals surface area contributed by atoms with Gasteiger partial charge >= 0.3 is 0 Å². The summed E-state index contributed by atoms with van der Waals surface area (Å²) in [7, 11) is 0. The first-order valence-corrected chi connectivity index (χ1v) is 6.71. The van der Waals surface area contributed by atoms with Gasteiger partial charge in [-0.05, 0) is 31.9 Å². The first-order valence-electron chi connectivity index (χ1n) is 6.71. The first kappa shape index (κ1) is 15.4. The van der Waals surface area contributed by atoms with Gasteiger partial charge < -0.3 is 0 Å². The summed E-state index contributed by atoms with van der Waals surface area (Å²) in [6.07, 6.45) is 9.15. The van der Waals surface area contributed by atoms with Gasteiger partial charge in [-0.2, -0.15) is 0 Å². The van der Waals surface area contributed by atoms with Crippen LogP contribution in [0, 0.1) is 5.92 Å². The molecule has 0 aromatic heterocycles. The van der Waals surface area contributed by atoms with E-state index < -0.39 is 0 Å². The van der Waals surface area contributed by atoms with Gasteiger partial charge in [-0.15, -0.1) is 0 Å². The SMILES string of the molecule is C/C=C\C(=C/C)CN(CC)CC(CC)CC. The van der Waals surface area contributed by atoms with E-state index >= 15 is 0 Å². The number of nitrogens with zero attached hydrogens (tertiary/aromatic N) is 1. The summed E-state index contributed by atoms with van der Waals surface area (Å²) in [6.45, 7) is 14.5. The Morgan fingerprint density at radius 1 is 1.12 bits per heavy atom. The topological polar surface area (TPSA) is 3.24 Å². The standard InChI is InChI=1S/C15H29N/c1-6-11-15(9-4)13-16(10-5)12-14(7-2)8-3/h6,9,11,14H,7-8,10,12-13H2,1-5H3/b11-6-,15-9+. The van der Waals surface area contributed by atoms with Crippen molar-refractivity contribution in [2.24, 2.45) is 5.92 Å². The van der Waals surface area contributed by atoms with Gasteiger partial charge in [0.05, 0.1) is 0 Å². The Morgan fingerprint density at radius 3 is 2.12 bits per heavy atom. The Balaban J connectivity index is 4.28. The lowest BCUT2D eigenvalue weighted by Crippen LogP contribution is -2.30. The van der Waals surface area contributed by atoms with Crippen molar-refractivity contribution >= 4 is 0 Å². The average molecular weight is 223 g/mol. The molecular formula is C15H29N. The van der Waals surface area contributed by atoms with Crippen molar-refractivity contribution in [2.75, 3.05) is 19.6 Å². The smallest absolute Gasteiger partial charge is 0.0230 e. The molecule has 0 saturated heterocycles. The maximum absolute atomic E-state index is 2.55. The van der Waals surface area contributed by atoms with E-state index in [1.807, 2.05) is 0 Å². The molecule has 0 aromatic rings.